The molecule has 0 fully saturated rings. The van der Waals surface area contributed by atoms with Gasteiger partial charge in [-0.05, 0) is 18.2 Å². The average Bonchev–Trinajstić information content (AvgIpc) is 2.61. The molecule has 1 aromatic carbocycles. The van der Waals surface area contributed by atoms with Gasteiger partial charge in [-0.25, -0.2) is 4.79 Å². The zero-order valence-corrected chi connectivity index (χ0v) is 15.9. The monoisotopic (exact) mass is 429 g/mol. The van der Waals surface area contributed by atoms with Gasteiger partial charge in [0.2, 0.25) is 5.90 Å². The Balaban J connectivity index is 2.70. The number of nitrogens with one attached hydrogen (secondary N) is 2. The SMILES string of the molecule is COC(=O)c1cc(=O)n(CC(=N)OC(C)=N)cc1-c1cc(C(F)(F)F)ccc1Cl. The number of alkyl halides is 3. The fourth-order valence-corrected chi connectivity index (χ4v) is 2.69. The minimum Gasteiger partial charge on any atom is -0.465 e. The van der Waals surface area contributed by atoms with Crippen LogP contribution in [0.4, 0.5) is 13.2 Å². The van der Waals surface area contributed by atoms with Crippen LogP contribution in [0, 0.1) is 10.8 Å². The highest BCUT2D eigenvalue weighted by Gasteiger charge is 2.31. The molecule has 154 valence electrons. The van der Waals surface area contributed by atoms with Crippen molar-refractivity contribution in [3.8, 4) is 11.1 Å². The first-order valence-corrected chi connectivity index (χ1v) is 8.32. The van der Waals surface area contributed by atoms with Crippen LogP contribution in [-0.2, 0) is 22.2 Å². The zero-order valence-electron chi connectivity index (χ0n) is 15.2. The molecular weight excluding hydrogens is 415 g/mol. The number of carbonyl (C=O) groups is 1. The van der Waals surface area contributed by atoms with Crippen LogP contribution in [-0.4, -0.2) is 29.4 Å². The van der Waals surface area contributed by atoms with E-state index in [2.05, 4.69) is 4.74 Å². The van der Waals surface area contributed by atoms with Gasteiger partial charge < -0.3 is 14.0 Å². The molecule has 0 bridgehead atoms. The number of pyridine rings is 1. The maximum atomic E-state index is 13.1. The molecule has 0 aliphatic carbocycles. The number of esters is 1. The third-order valence-corrected chi connectivity index (χ3v) is 4.03. The van der Waals surface area contributed by atoms with Gasteiger partial charge in [0.1, 0.15) is 6.54 Å². The Kier molecular flexibility index (Phi) is 6.48. The van der Waals surface area contributed by atoms with Crippen LogP contribution in [0.1, 0.15) is 22.8 Å². The van der Waals surface area contributed by atoms with Crippen LogP contribution in [0.25, 0.3) is 11.1 Å². The summed E-state index contributed by atoms with van der Waals surface area (Å²) >= 11 is 6.07. The Hall–Kier alpha value is -3.14. The second kappa shape index (κ2) is 8.48. The first-order valence-electron chi connectivity index (χ1n) is 7.94. The van der Waals surface area contributed by atoms with Crippen LogP contribution in [0.3, 0.4) is 0 Å². The maximum Gasteiger partial charge on any atom is 0.416 e. The van der Waals surface area contributed by atoms with Gasteiger partial charge in [0.15, 0.2) is 5.90 Å². The average molecular weight is 430 g/mol. The number of hydrogen-bond acceptors (Lipinski definition) is 6. The van der Waals surface area contributed by atoms with Crippen molar-refractivity contribution >= 4 is 29.4 Å². The molecule has 0 spiro atoms. The molecule has 0 unspecified atom stereocenters. The van der Waals surface area contributed by atoms with Gasteiger partial charge in [-0.15, -0.1) is 0 Å². The minimum absolute atomic E-state index is 0.0879. The van der Waals surface area contributed by atoms with Crippen LogP contribution < -0.4 is 5.56 Å². The highest BCUT2D eigenvalue weighted by molar-refractivity contribution is 6.33. The largest absolute Gasteiger partial charge is 0.465 e. The number of nitrogens with zero attached hydrogens (tertiary/aromatic N) is 1. The molecule has 29 heavy (non-hydrogen) atoms. The molecular formula is C18H15ClF3N3O4. The van der Waals surface area contributed by atoms with Gasteiger partial charge >= 0.3 is 12.1 Å². The topological polar surface area (TPSA) is 105 Å². The van der Waals surface area contributed by atoms with E-state index in [1.54, 1.807) is 0 Å². The van der Waals surface area contributed by atoms with E-state index in [0.29, 0.717) is 0 Å². The van der Waals surface area contributed by atoms with E-state index >= 15 is 0 Å². The molecule has 7 nitrogen and oxygen atoms in total. The number of halogens is 4. The molecule has 0 saturated heterocycles. The van der Waals surface area contributed by atoms with Crippen LogP contribution in [0.2, 0.25) is 5.02 Å². The van der Waals surface area contributed by atoms with Crippen molar-refractivity contribution in [2.45, 2.75) is 19.6 Å². The maximum absolute atomic E-state index is 13.1. The van der Waals surface area contributed by atoms with E-state index in [0.717, 1.165) is 42.1 Å². The Bertz CT molecular complexity index is 1050. The van der Waals surface area contributed by atoms with Gasteiger partial charge in [0.25, 0.3) is 5.56 Å². The minimum atomic E-state index is -4.66. The van der Waals surface area contributed by atoms with Crippen molar-refractivity contribution in [3.05, 3.63) is 57.0 Å². The van der Waals surface area contributed by atoms with Crippen molar-refractivity contribution in [1.29, 1.82) is 10.8 Å². The van der Waals surface area contributed by atoms with E-state index < -0.39 is 35.7 Å². The summed E-state index contributed by atoms with van der Waals surface area (Å²) in [6, 6.07) is 3.45. The van der Waals surface area contributed by atoms with Gasteiger partial charge in [0.05, 0.1) is 18.2 Å². The first-order chi connectivity index (χ1) is 13.4. The van der Waals surface area contributed by atoms with Gasteiger partial charge in [-0.2, -0.15) is 13.2 Å². The first kappa shape index (κ1) is 22.2. The molecule has 2 rings (SSSR count). The molecule has 0 atom stereocenters. The Morgan fingerprint density at radius 1 is 1.21 bits per heavy atom. The molecule has 0 aliphatic rings. The number of rotatable bonds is 4. The summed E-state index contributed by atoms with van der Waals surface area (Å²) in [5.41, 5.74) is -2.25. The molecule has 0 saturated carbocycles. The van der Waals surface area contributed by atoms with E-state index in [1.165, 1.54) is 6.92 Å². The van der Waals surface area contributed by atoms with Crippen LogP contribution >= 0.6 is 11.6 Å². The van der Waals surface area contributed by atoms with Crippen molar-refractivity contribution in [3.63, 3.8) is 0 Å². The van der Waals surface area contributed by atoms with Crippen LogP contribution in [0.5, 0.6) is 0 Å². The Labute approximate surface area is 167 Å². The lowest BCUT2D eigenvalue weighted by Crippen LogP contribution is -2.26. The summed E-state index contributed by atoms with van der Waals surface area (Å²) in [6.07, 6.45) is -3.57. The highest BCUT2D eigenvalue weighted by Crippen LogP contribution is 2.37. The van der Waals surface area contributed by atoms with Crippen molar-refractivity contribution in [2.24, 2.45) is 0 Å². The fourth-order valence-electron chi connectivity index (χ4n) is 2.47. The lowest BCUT2D eigenvalue weighted by atomic mass is 9.99. The van der Waals surface area contributed by atoms with Crippen molar-refractivity contribution in [2.75, 3.05) is 7.11 Å². The molecule has 0 radical (unpaired) electrons. The number of ether oxygens (including phenoxy) is 2. The smallest absolute Gasteiger partial charge is 0.416 e. The van der Waals surface area contributed by atoms with Gasteiger partial charge in [-0.3, -0.25) is 15.6 Å². The van der Waals surface area contributed by atoms with Gasteiger partial charge in [-0.1, -0.05) is 11.6 Å². The highest BCUT2D eigenvalue weighted by atomic mass is 35.5. The Morgan fingerprint density at radius 2 is 1.86 bits per heavy atom. The van der Waals surface area contributed by atoms with E-state index in [1.807, 2.05) is 0 Å². The quantitative estimate of drug-likeness (QED) is 0.436. The standard InChI is InChI=1S/C18H15ClF3N3O4/c1-9(23)29-15(24)8-25-7-13(12(6-16(25)26)17(27)28-2)11-5-10(18(20,21)22)3-4-14(11)19/h3-7,23-24H,8H2,1-2H3. The number of carbonyl (C=O) groups excluding carboxylic acids is 1. The number of aromatic nitrogens is 1. The Morgan fingerprint density at radius 3 is 2.41 bits per heavy atom. The molecule has 1 heterocycles. The normalized spacial score (nSPS) is 11.1. The number of hydrogen-bond donors (Lipinski definition) is 2. The van der Waals surface area contributed by atoms with Crippen molar-refractivity contribution in [1.82, 2.24) is 4.57 Å². The number of benzene rings is 1. The predicted molar refractivity (Wildman–Crippen MR) is 99.7 cm³/mol. The molecule has 0 amide bonds. The third kappa shape index (κ3) is 5.23. The summed E-state index contributed by atoms with van der Waals surface area (Å²) in [4.78, 5) is 24.4. The summed E-state index contributed by atoms with van der Waals surface area (Å²) in [7, 11) is 1.06. The summed E-state index contributed by atoms with van der Waals surface area (Å²) in [5, 5.41) is 14.8. The summed E-state index contributed by atoms with van der Waals surface area (Å²) < 4.78 is 49.7. The molecule has 11 heteroatoms. The zero-order chi connectivity index (χ0) is 21.9. The molecule has 0 aliphatic heterocycles. The lowest BCUT2D eigenvalue weighted by Gasteiger charge is -2.15. The van der Waals surface area contributed by atoms with Crippen LogP contribution in [0.15, 0.2) is 35.3 Å². The predicted octanol–water partition coefficient (Wildman–Crippen LogP) is 3.97. The molecule has 2 aromatic rings. The molecule has 1 aromatic heterocycles. The third-order valence-electron chi connectivity index (χ3n) is 3.71. The van der Waals surface area contributed by atoms with Gasteiger partial charge in [0, 0.05) is 35.3 Å². The second-order valence-electron chi connectivity index (χ2n) is 5.83. The summed E-state index contributed by atoms with van der Waals surface area (Å²) in [5.74, 6) is -1.68. The molecule has 2 N–H and O–H groups in total. The van der Waals surface area contributed by atoms with E-state index in [4.69, 9.17) is 27.2 Å². The number of methoxy groups -OCH3 is 1. The fraction of sp³-hybridized carbons (Fsp3) is 0.222. The van der Waals surface area contributed by atoms with E-state index in [-0.39, 0.29) is 27.6 Å². The second-order valence-corrected chi connectivity index (χ2v) is 6.24. The van der Waals surface area contributed by atoms with E-state index in [9.17, 15) is 22.8 Å². The van der Waals surface area contributed by atoms with Crippen molar-refractivity contribution < 1.29 is 27.4 Å². The lowest BCUT2D eigenvalue weighted by molar-refractivity contribution is -0.137. The summed E-state index contributed by atoms with van der Waals surface area (Å²) in [6.45, 7) is 0.867.